The van der Waals surface area contributed by atoms with Crippen LogP contribution in [0, 0.1) is 5.82 Å². The van der Waals surface area contributed by atoms with Crippen LogP contribution in [-0.2, 0) is 6.42 Å². The average Bonchev–Trinajstić information content (AvgIpc) is 2.47. The quantitative estimate of drug-likeness (QED) is 0.871. The summed E-state index contributed by atoms with van der Waals surface area (Å²) in [6.07, 6.45) is 0.849. The third-order valence-electron chi connectivity index (χ3n) is 3.39. The Morgan fingerprint density at radius 3 is 2.65 bits per heavy atom. The van der Waals surface area contributed by atoms with E-state index in [9.17, 15) is 4.39 Å². The Balaban J connectivity index is 2.20. The lowest BCUT2D eigenvalue weighted by Gasteiger charge is -2.17. The molecule has 2 nitrogen and oxygen atoms in total. The third-order valence-corrected chi connectivity index (χ3v) is 3.39. The molecule has 0 saturated carbocycles. The molecule has 1 atom stereocenters. The fourth-order valence-electron chi connectivity index (χ4n) is 2.40. The fraction of sp³-hybridized carbons (Fsp3) is 0.294. The Bertz CT molecular complexity index is 556. The van der Waals surface area contributed by atoms with Crippen molar-refractivity contribution in [2.24, 2.45) is 0 Å². The van der Waals surface area contributed by atoms with Gasteiger partial charge in [0.15, 0.2) is 0 Å². The van der Waals surface area contributed by atoms with Crippen LogP contribution in [0.2, 0.25) is 0 Å². The molecule has 20 heavy (non-hydrogen) atoms. The van der Waals surface area contributed by atoms with Crippen LogP contribution in [0.15, 0.2) is 48.5 Å². The van der Waals surface area contributed by atoms with E-state index in [-0.39, 0.29) is 11.7 Å². The van der Waals surface area contributed by atoms with Gasteiger partial charge in [0.25, 0.3) is 0 Å². The predicted octanol–water partition coefficient (Wildman–Crippen LogP) is 3.38. The standard InChI is InChI=1S/C17H20FNO/c1-19-12-15(14-6-4-7-16(18)11-14)9-13-5-3-8-17(10-13)20-2/h3-8,10-11,15,19H,9,12H2,1-2H3. The van der Waals surface area contributed by atoms with Crippen molar-refractivity contribution < 1.29 is 9.13 Å². The molecule has 0 amide bonds. The topological polar surface area (TPSA) is 21.3 Å². The summed E-state index contributed by atoms with van der Waals surface area (Å²) in [7, 11) is 3.58. The van der Waals surface area contributed by atoms with E-state index < -0.39 is 0 Å². The first kappa shape index (κ1) is 14.5. The number of likely N-dealkylation sites (N-methyl/N-ethyl adjacent to an activating group) is 1. The van der Waals surface area contributed by atoms with Crippen LogP contribution in [0.3, 0.4) is 0 Å². The van der Waals surface area contributed by atoms with E-state index in [4.69, 9.17) is 4.74 Å². The maximum Gasteiger partial charge on any atom is 0.123 e. The number of hydrogen-bond donors (Lipinski definition) is 1. The molecule has 0 aliphatic rings. The van der Waals surface area contributed by atoms with E-state index in [1.807, 2.05) is 31.3 Å². The molecular formula is C17H20FNO. The highest BCUT2D eigenvalue weighted by Gasteiger charge is 2.12. The van der Waals surface area contributed by atoms with Crippen LogP contribution in [0.5, 0.6) is 5.75 Å². The fourth-order valence-corrected chi connectivity index (χ4v) is 2.40. The molecule has 0 fully saturated rings. The lowest BCUT2D eigenvalue weighted by molar-refractivity contribution is 0.414. The van der Waals surface area contributed by atoms with Gasteiger partial charge in [-0.05, 0) is 48.9 Å². The Labute approximate surface area is 119 Å². The van der Waals surface area contributed by atoms with Crippen molar-refractivity contribution >= 4 is 0 Å². The number of benzene rings is 2. The number of hydrogen-bond acceptors (Lipinski definition) is 2. The highest BCUT2D eigenvalue weighted by molar-refractivity contribution is 5.31. The first-order valence-electron chi connectivity index (χ1n) is 6.76. The molecule has 0 aromatic heterocycles. The molecule has 2 rings (SSSR count). The number of rotatable bonds is 6. The van der Waals surface area contributed by atoms with Crippen molar-refractivity contribution in [3.05, 3.63) is 65.5 Å². The van der Waals surface area contributed by atoms with Gasteiger partial charge in [0.1, 0.15) is 11.6 Å². The average molecular weight is 273 g/mol. The molecule has 0 aliphatic carbocycles. The Morgan fingerprint density at radius 1 is 1.15 bits per heavy atom. The van der Waals surface area contributed by atoms with Gasteiger partial charge in [-0.25, -0.2) is 4.39 Å². The van der Waals surface area contributed by atoms with Crippen molar-refractivity contribution in [3.8, 4) is 5.75 Å². The normalized spacial score (nSPS) is 12.2. The molecule has 0 saturated heterocycles. The molecule has 3 heteroatoms. The monoisotopic (exact) mass is 273 g/mol. The number of nitrogens with one attached hydrogen (secondary N) is 1. The van der Waals surface area contributed by atoms with E-state index in [0.29, 0.717) is 0 Å². The van der Waals surface area contributed by atoms with Crippen LogP contribution in [0.1, 0.15) is 17.0 Å². The highest BCUT2D eigenvalue weighted by Crippen LogP contribution is 2.23. The van der Waals surface area contributed by atoms with Crippen molar-refractivity contribution in [1.82, 2.24) is 5.32 Å². The molecule has 1 unspecified atom stereocenters. The predicted molar refractivity (Wildman–Crippen MR) is 79.8 cm³/mol. The van der Waals surface area contributed by atoms with Crippen molar-refractivity contribution in [2.45, 2.75) is 12.3 Å². The van der Waals surface area contributed by atoms with Gasteiger partial charge in [0.2, 0.25) is 0 Å². The van der Waals surface area contributed by atoms with Crippen molar-refractivity contribution in [3.63, 3.8) is 0 Å². The lowest BCUT2D eigenvalue weighted by atomic mass is 9.92. The Hall–Kier alpha value is -1.87. The Morgan fingerprint density at radius 2 is 1.95 bits per heavy atom. The molecule has 2 aromatic carbocycles. The minimum Gasteiger partial charge on any atom is -0.497 e. The van der Waals surface area contributed by atoms with E-state index >= 15 is 0 Å². The summed E-state index contributed by atoms with van der Waals surface area (Å²) in [5.74, 6) is 0.905. The van der Waals surface area contributed by atoms with Gasteiger partial charge in [-0.2, -0.15) is 0 Å². The Kier molecular flexibility index (Phi) is 5.13. The van der Waals surface area contributed by atoms with E-state index in [0.717, 1.165) is 24.3 Å². The zero-order valence-electron chi connectivity index (χ0n) is 11.9. The van der Waals surface area contributed by atoms with Gasteiger partial charge < -0.3 is 10.1 Å². The summed E-state index contributed by atoms with van der Waals surface area (Å²) in [6, 6.07) is 14.8. The van der Waals surface area contributed by atoms with Crippen LogP contribution < -0.4 is 10.1 Å². The maximum absolute atomic E-state index is 13.4. The smallest absolute Gasteiger partial charge is 0.123 e. The summed E-state index contributed by atoms with van der Waals surface area (Å²) >= 11 is 0. The molecule has 0 bridgehead atoms. The number of halogens is 1. The van der Waals surface area contributed by atoms with Crippen molar-refractivity contribution in [1.29, 1.82) is 0 Å². The second-order valence-corrected chi connectivity index (χ2v) is 4.87. The molecule has 0 heterocycles. The minimum absolute atomic E-state index is 0.186. The first-order valence-corrected chi connectivity index (χ1v) is 6.76. The van der Waals surface area contributed by atoms with Gasteiger partial charge in [-0.15, -0.1) is 0 Å². The van der Waals surface area contributed by atoms with Gasteiger partial charge >= 0.3 is 0 Å². The molecule has 106 valence electrons. The summed E-state index contributed by atoms with van der Waals surface area (Å²) in [6.45, 7) is 0.806. The van der Waals surface area contributed by atoms with Crippen LogP contribution in [0.25, 0.3) is 0 Å². The minimum atomic E-state index is -0.186. The molecule has 0 radical (unpaired) electrons. The van der Waals surface area contributed by atoms with Gasteiger partial charge in [-0.3, -0.25) is 0 Å². The summed E-state index contributed by atoms with van der Waals surface area (Å²) < 4.78 is 18.6. The SMILES string of the molecule is CNCC(Cc1cccc(OC)c1)c1cccc(F)c1. The third kappa shape index (κ3) is 3.81. The van der Waals surface area contributed by atoms with E-state index in [2.05, 4.69) is 11.4 Å². The maximum atomic E-state index is 13.4. The highest BCUT2D eigenvalue weighted by atomic mass is 19.1. The largest absolute Gasteiger partial charge is 0.497 e. The summed E-state index contributed by atoms with van der Waals surface area (Å²) in [4.78, 5) is 0. The van der Waals surface area contributed by atoms with E-state index in [1.165, 1.54) is 11.6 Å². The molecule has 2 aromatic rings. The number of ether oxygens (including phenoxy) is 1. The summed E-state index contributed by atoms with van der Waals surface area (Å²) in [5, 5.41) is 3.18. The number of methoxy groups -OCH3 is 1. The van der Waals surface area contributed by atoms with Gasteiger partial charge in [0, 0.05) is 12.5 Å². The molecule has 0 spiro atoms. The first-order chi connectivity index (χ1) is 9.72. The van der Waals surface area contributed by atoms with Gasteiger partial charge in [0.05, 0.1) is 7.11 Å². The van der Waals surface area contributed by atoms with Crippen LogP contribution >= 0.6 is 0 Å². The van der Waals surface area contributed by atoms with Crippen LogP contribution in [0.4, 0.5) is 4.39 Å². The van der Waals surface area contributed by atoms with Crippen molar-refractivity contribution in [2.75, 3.05) is 20.7 Å². The zero-order chi connectivity index (χ0) is 14.4. The molecule has 1 N–H and O–H groups in total. The van der Waals surface area contributed by atoms with Crippen LogP contribution in [-0.4, -0.2) is 20.7 Å². The van der Waals surface area contributed by atoms with E-state index in [1.54, 1.807) is 19.2 Å². The van der Waals surface area contributed by atoms with Gasteiger partial charge in [-0.1, -0.05) is 24.3 Å². The zero-order valence-corrected chi connectivity index (χ0v) is 11.9. The molecule has 0 aliphatic heterocycles. The second-order valence-electron chi connectivity index (χ2n) is 4.87. The molecular weight excluding hydrogens is 253 g/mol. The lowest BCUT2D eigenvalue weighted by Crippen LogP contribution is -2.19. The summed E-state index contributed by atoms with van der Waals surface area (Å²) in [5.41, 5.74) is 2.20. The second kappa shape index (κ2) is 7.06.